The molecule has 2 heteroatoms. The van der Waals surface area contributed by atoms with Crippen molar-refractivity contribution in [1.82, 2.24) is 4.90 Å². The van der Waals surface area contributed by atoms with Crippen molar-refractivity contribution in [2.75, 3.05) is 19.4 Å². The lowest BCUT2D eigenvalue weighted by molar-refractivity contribution is 0.266. The van der Waals surface area contributed by atoms with Crippen molar-refractivity contribution in [3.8, 4) is 0 Å². The van der Waals surface area contributed by atoms with E-state index in [1.165, 1.54) is 38.6 Å². The van der Waals surface area contributed by atoms with Crippen LogP contribution in [0.1, 0.15) is 19.3 Å². The highest BCUT2D eigenvalue weighted by Crippen LogP contribution is 2.08. The van der Waals surface area contributed by atoms with Gasteiger partial charge in [-0.05, 0) is 25.9 Å². The van der Waals surface area contributed by atoms with Crippen LogP contribution in [0.3, 0.4) is 0 Å². The van der Waals surface area contributed by atoms with E-state index in [-0.39, 0.29) is 0 Å². The van der Waals surface area contributed by atoms with Crippen LogP contribution in [0.2, 0.25) is 0 Å². The lowest BCUT2D eigenvalue weighted by Gasteiger charge is -2.24. The maximum absolute atomic E-state index is 2.77. The SMILES string of the molecule is PCN1CCCCC1. The molecule has 1 atom stereocenters. The molecule has 0 spiro atoms. The first-order valence-electron chi connectivity index (χ1n) is 3.36. The third-order valence-corrected chi connectivity index (χ3v) is 2.22. The Morgan fingerprint density at radius 1 is 1.12 bits per heavy atom. The Balaban J connectivity index is 2.13. The van der Waals surface area contributed by atoms with E-state index >= 15 is 0 Å². The van der Waals surface area contributed by atoms with Gasteiger partial charge in [0.05, 0.1) is 0 Å². The van der Waals surface area contributed by atoms with Gasteiger partial charge in [-0.15, -0.1) is 9.24 Å². The van der Waals surface area contributed by atoms with Gasteiger partial charge >= 0.3 is 0 Å². The summed E-state index contributed by atoms with van der Waals surface area (Å²) in [5.74, 6) is 0. The smallest absolute Gasteiger partial charge is 0.0126 e. The zero-order chi connectivity index (χ0) is 5.82. The Morgan fingerprint density at radius 2 is 1.75 bits per heavy atom. The van der Waals surface area contributed by atoms with Crippen molar-refractivity contribution in [2.45, 2.75) is 19.3 Å². The summed E-state index contributed by atoms with van der Waals surface area (Å²) in [4.78, 5) is 2.48. The van der Waals surface area contributed by atoms with Crippen molar-refractivity contribution in [3.05, 3.63) is 0 Å². The number of rotatable bonds is 1. The minimum absolute atomic E-state index is 1.17. The summed E-state index contributed by atoms with van der Waals surface area (Å²) in [5.41, 5.74) is 0. The Morgan fingerprint density at radius 3 is 2.12 bits per heavy atom. The van der Waals surface area contributed by atoms with E-state index in [0.29, 0.717) is 0 Å². The van der Waals surface area contributed by atoms with Crippen LogP contribution in [-0.2, 0) is 0 Å². The van der Waals surface area contributed by atoms with Gasteiger partial charge < -0.3 is 0 Å². The molecule has 1 heterocycles. The van der Waals surface area contributed by atoms with Crippen LogP contribution in [0.5, 0.6) is 0 Å². The molecule has 0 saturated carbocycles. The van der Waals surface area contributed by atoms with Gasteiger partial charge in [0.15, 0.2) is 0 Å². The Kier molecular flexibility index (Phi) is 2.78. The molecule has 1 aliphatic rings. The second kappa shape index (κ2) is 3.42. The van der Waals surface area contributed by atoms with Crippen LogP contribution in [-0.4, -0.2) is 24.3 Å². The lowest BCUT2D eigenvalue weighted by atomic mass is 10.1. The second-order valence-electron chi connectivity index (χ2n) is 2.36. The van der Waals surface area contributed by atoms with Crippen molar-refractivity contribution in [2.24, 2.45) is 0 Å². The third kappa shape index (κ3) is 1.72. The maximum atomic E-state index is 2.77. The van der Waals surface area contributed by atoms with Gasteiger partial charge in [-0.3, -0.25) is 4.90 Å². The quantitative estimate of drug-likeness (QED) is 0.485. The highest BCUT2D eigenvalue weighted by atomic mass is 31.0. The number of piperidine rings is 1. The fourth-order valence-corrected chi connectivity index (χ4v) is 1.51. The summed E-state index contributed by atoms with van der Waals surface area (Å²) in [6.45, 7) is 2.65. The van der Waals surface area contributed by atoms with Gasteiger partial charge in [-0.2, -0.15) is 0 Å². The summed E-state index contributed by atoms with van der Waals surface area (Å²) in [6, 6.07) is 0. The molecule has 0 amide bonds. The van der Waals surface area contributed by atoms with Crippen LogP contribution in [0.15, 0.2) is 0 Å². The fourth-order valence-electron chi connectivity index (χ4n) is 1.14. The average molecular weight is 131 g/mol. The molecular weight excluding hydrogens is 117 g/mol. The molecule has 1 fully saturated rings. The van der Waals surface area contributed by atoms with E-state index in [0.717, 1.165) is 0 Å². The van der Waals surface area contributed by atoms with E-state index in [4.69, 9.17) is 0 Å². The molecule has 1 saturated heterocycles. The van der Waals surface area contributed by atoms with E-state index in [1.54, 1.807) is 0 Å². The number of nitrogens with zero attached hydrogens (tertiary/aromatic N) is 1. The standard InChI is InChI=1S/C6H14NP/c8-6-7-4-2-1-3-5-7/h1-6,8H2. The molecule has 0 aliphatic carbocycles. The van der Waals surface area contributed by atoms with Gasteiger partial charge in [-0.1, -0.05) is 6.42 Å². The van der Waals surface area contributed by atoms with Crippen LogP contribution >= 0.6 is 9.24 Å². The molecule has 1 nitrogen and oxygen atoms in total. The van der Waals surface area contributed by atoms with Crippen molar-refractivity contribution >= 4 is 9.24 Å². The Bertz CT molecular complexity index is 59.5. The summed E-state index contributed by atoms with van der Waals surface area (Å²) in [7, 11) is 2.77. The monoisotopic (exact) mass is 131 g/mol. The average Bonchev–Trinajstić information content (AvgIpc) is 1.90. The molecule has 0 N–H and O–H groups in total. The maximum Gasteiger partial charge on any atom is 0.0126 e. The van der Waals surface area contributed by atoms with Gasteiger partial charge in [0.1, 0.15) is 0 Å². The molecular formula is C6H14NP. The predicted octanol–water partition coefficient (Wildman–Crippen LogP) is 1.30. The van der Waals surface area contributed by atoms with Crippen molar-refractivity contribution in [3.63, 3.8) is 0 Å². The van der Waals surface area contributed by atoms with Crippen LogP contribution in [0, 0.1) is 0 Å². The summed E-state index contributed by atoms with van der Waals surface area (Å²) in [5, 5.41) is 0. The molecule has 0 aromatic carbocycles. The predicted molar refractivity (Wildman–Crippen MR) is 40.0 cm³/mol. The first-order chi connectivity index (χ1) is 3.93. The van der Waals surface area contributed by atoms with Crippen molar-refractivity contribution < 1.29 is 0 Å². The largest absolute Gasteiger partial charge is 0.300 e. The van der Waals surface area contributed by atoms with E-state index in [1.807, 2.05) is 0 Å². The third-order valence-electron chi connectivity index (χ3n) is 1.71. The molecule has 8 heavy (non-hydrogen) atoms. The normalized spacial score (nSPS) is 23.6. The molecule has 0 aromatic heterocycles. The van der Waals surface area contributed by atoms with E-state index in [2.05, 4.69) is 14.1 Å². The first-order valence-corrected chi connectivity index (χ1v) is 4.17. The van der Waals surface area contributed by atoms with Gasteiger partial charge in [-0.25, -0.2) is 0 Å². The minimum atomic E-state index is 1.17. The van der Waals surface area contributed by atoms with E-state index in [9.17, 15) is 0 Å². The summed E-state index contributed by atoms with van der Waals surface area (Å²) >= 11 is 0. The van der Waals surface area contributed by atoms with Crippen molar-refractivity contribution in [1.29, 1.82) is 0 Å². The highest BCUT2D eigenvalue weighted by Gasteiger charge is 2.05. The van der Waals surface area contributed by atoms with Gasteiger partial charge in [0.2, 0.25) is 0 Å². The highest BCUT2D eigenvalue weighted by molar-refractivity contribution is 7.16. The van der Waals surface area contributed by atoms with Crippen LogP contribution < -0.4 is 0 Å². The Hall–Kier alpha value is 0.390. The number of hydrogen-bond donors (Lipinski definition) is 0. The van der Waals surface area contributed by atoms with E-state index < -0.39 is 0 Å². The van der Waals surface area contributed by atoms with Gasteiger partial charge in [0, 0.05) is 6.29 Å². The topological polar surface area (TPSA) is 3.24 Å². The summed E-state index contributed by atoms with van der Waals surface area (Å²) in [6.07, 6.45) is 5.43. The fraction of sp³-hybridized carbons (Fsp3) is 1.00. The van der Waals surface area contributed by atoms with Gasteiger partial charge in [0.25, 0.3) is 0 Å². The molecule has 1 rings (SSSR count). The lowest BCUT2D eigenvalue weighted by Crippen LogP contribution is -2.27. The first kappa shape index (κ1) is 6.51. The minimum Gasteiger partial charge on any atom is -0.300 e. The number of likely N-dealkylation sites (tertiary alicyclic amines) is 1. The molecule has 0 bridgehead atoms. The molecule has 48 valence electrons. The van der Waals surface area contributed by atoms with Crippen LogP contribution in [0.25, 0.3) is 0 Å². The zero-order valence-electron chi connectivity index (χ0n) is 5.27. The molecule has 0 aromatic rings. The van der Waals surface area contributed by atoms with Crippen LogP contribution in [0.4, 0.5) is 0 Å². The number of hydrogen-bond acceptors (Lipinski definition) is 1. The summed E-state index contributed by atoms with van der Waals surface area (Å²) < 4.78 is 0. The second-order valence-corrected chi connectivity index (χ2v) is 2.73. The Labute approximate surface area is 53.6 Å². The molecule has 0 radical (unpaired) electrons. The molecule has 1 unspecified atom stereocenters. The zero-order valence-corrected chi connectivity index (χ0v) is 6.42. The molecule has 1 aliphatic heterocycles.